The number of nitriles is 1. The predicted molar refractivity (Wildman–Crippen MR) is 131 cm³/mol. The number of thioether (sulfide) groups is 1. The van der Waals surface area contributed by atoms with Gasteiger partial charge in [0.15, 0.2) is 0 Å². The van der Waals surface area contributed by atoms with E-state index in [9.17, 15) is 5.26 Å². The van der Waals surface area contributed by atoms with Crippen LogP contribution >= 0.6 is 46.6 Å². The summed E-state index contributed by atoms with van der Waals surface area (Å²) in [5, 5.41) is 12.5. The Hall–Kier alpha value is -2.48. The molecule has 3 aromatic carbocycles. The first kappa shape index (κ1) is 21.7. The summed E-state index contributed by atoms with van der Waals surface area (Å²) in [7, 11) is 0. The third-order valence-electron chi connectivity index (χ3n) is 4.74. The first-order chi connectivity index (χ1) is 15.1. The fraction of sp³-hybridized carbons (Fsp3) is 0.0400. The van der Waals surface area contributed by atoms with E-state index in [-0.39, 0.29) is 0 Å². The van der Waals surface area contributed by atoms with Gasteiger partial charge in [-0.25, -0.2) is 4.98 Å². The maximum Gasteiger partial charge on any atom is 0.115 e. The standard InChI is InChI=1S/C25H15Cl3N2S/c26-18-11-9-16(10-12-18)19-13-24(17-5-2-1-3-6-17)30-25(20(19)14-29)31-15-21-22(27)7-4-8-23(21)28/h1-13H,15H2. The molecule has 0 spiro atoms. The van der Waals surface area contributed by atoms with Gasteiger partial charge in [-0.05, 0) is 41.5 Å². The molecule has 2 nitrogen and oxygen atoms in total. The van der Waals surface area contributed by atoms with Crippen LogP contribution in [0.3, 0.4) is 0 Å². The molecule has 0 fully saturated rings. The van der Waals surface area contributed by atoms with E-state index in [0.717, 1.165) is 27.9 Å². The summed E-state index contributed by atoms with van der Waals surface area (Å²) < 4.78 is 0. The zero-order valence-electron chi connectivity index (χ0n) is 16.1. The highest BCUT2D eigenvalue weighted by Gasteiger charge is 2.17. The lowest BCUT2D eigenvalue weighted by Gasteiger charge is -2.13. The zero-order valence-corrected chi connectivity index (χ0v) is 19.2. The molecule has 0 bridgehead atoms. The summed E-state index contributed by atoms with van der Waals surface area (Å²) in [5.41, 5.74) is 4.80. The molecule has 4 aromatic rings. The number of rotatable bonds is 5. The van der Waals surface area contributed by atoms with Crippen molar-refractivity contribution in [2.45, 2.75) is 10.8 Å². The van der Waals surface area contributed by atoms with Gasteiger partial charge in [-0.1, -0.05) is 83.3 Å². The van der Waals surface area contributed by atoms with Crippen LogP contribution in [0, 0.1) is 11.3 Å². The van der Waals surface area contributed by atoms with Gasteiger partial charge in [-0.2, -0.15) is 5.26 Å². The maximum atomic E-state index is 10.0. The second-order valence-corrected chi connectivity index (χ2v) is 8.92. The van der Waals surface area contributed by atoms with Gasteiger partial charge < -0.3 is 0 Å². The van der Waals surface area contributed by atoms with Crippen LogP contribution in [0.2, 0.25) is 15.1 Å². The Bertz CT molecular complexity index is 1250. The topological polar surface area (TPSA) is 36.7 Å². The van der Waals surface area contributed by atoms with Crippen molar-refractivity contribution in [3.63, 3.8) is 0 Å². The van der Waals surface area contributed by atoms with Crippen LogP contribution in [-0.2, 0) is 5.75 Å². The van der Waals surface area contributed by atoms with E-state index in [0.29, 0.717) is 31.4 Å². The van der Waals surface area contributed by atoms with Gasteiger partial charge in [0.1, 0.15) is 11.1 Å². The molecule has 152 valence electrons. The van der Waals surface area contributed by atoms with Crippen molar-refractivity contribution in [2.75, 3.05) is 0 Å². The monoisotopic (exact) mass is 480 g/mol. The third-order valence-corrected chi connectivity index (χ3v) is 6.70. The summed E-state index contributed by atoms with van der Waals surface area (Å²) >= 11 is 20.2. The molecular weight excluding hydrogens is 467 g/mol. The highest BCUT2D eigenvalue weighted by molar-refractivity contribution is 7.98. The van der Waals surface area contributed by atoms with Gasteiger partial charge >= 0.3 is 0 Å². The summed E-state index contributed by atoms with van der Waals surface area (Å²) in [6.07, 6.45) is 0. The van der Waals surface area contributed by atoms with Crippen molar-refractivity contribution in [3.8, 4) is 28.5 Å². The largest absolute Gasteiger partial charge is 0.240 e. The Morgan fingerprint density at radius 3 is 2.13 bits per heavy atom. The fourth-order valence-electron chi connectivity index (χ4n) is 3.16. The Morgan fingerprint density at radius 1 is 0.806 bits per heavy atom. The molecule has 0 atom stereocenters. The van der Waals surface area contributed by atoms with E-state index in [2.05, 4.69) is 6.07 Å². The molecule has 4 rings (SSSR count). The van der Waals surface area contributed by atoms with Crippen LogP contribution in [0.15, 0.2) is 83.9 Å². The van der Waals surface area contributed by atoms with Crippen LogP contribution < -0.4 is 0 Å². The van der Waals surface area contributed by atoms with Gasteiger partial charge in [0.2, 0.25) is 0 Å². The Labute approximate surface area is 200 Å². The molecule has 0 aliphatic heterocycles. The molecule has 6 heteroatoms. The number of benzene rings is 3. The fourth-order valence-corrected chi connectivity index (χ4v) is 5.03. The highest BCUT2D eigenvalue weighted by atomic mass is 35.5. The van der Waals surface area contributed by atoms with Crippen molar-refractivity contribution in [3.05, 3.63) is 105 Å². The Kier molecular flexibility index (Phi) is 6.85. The van der Waals surface area contributed by atoms with Crippen molar-refractivity contribution >= 4 is 46.6 Å². The lowest BCUT2D eigenvalue weighted by atomic mass is 9.99. The number of halogens is 3. The number of nitrogens with zero attached hydrogens (tertiary/aromatic N) is 2. The molecule has 0 saturated carbocycles. The molecule has 0 amide bonds. The van der Waals surface area contributed by atoms with E-state index in [4.69, 9.17) is 39.8 Å². The zero-order chi connectivity index (χ0) is 21.8. The van der Waals surface area contributed by atoms with E-state index in [1.54, 1.807) is 0 Å². The SMILES string of the molecule is N#Cc1c(-c2ccc(Cl)cc2)cc(-c2ccccc2)nc1SCc1c(Cl)cccc1Cl. The second kappa shape index (κ2) is 9.77. The number of hydrogen-bond donors (Lipinski definition) is 0. The molecule has 0 N–H and O–H groups in total. The molecule has 31 heavy (non-hydrogen) atoms. The van der Waals surface area contributed by atoms with Crippen LogP contribution in [0.25, 0.3) is 22.4 Å². The summed E-state index contributed by atoms with van der Waals surface area (Å²) in [5.74, 6) is 0.498. The average Bonchev–Trinajstić information content (AvgIpc) is 2.79. The number of aromatic nitrogens is 1. The highest BCUT2D eigenvalue weighted by Crippen LogP contribution is 2.37. The second-order valence-electron chi connectivity index (χ2n) is 6.71. The van der Waals surface area contributed by atoms with Gasteiger partial charge in [-0.3, -0.25) is 0 Å². The van der Waals surface area contributed by atoms with Crippen molar-refractivity contribution in [1.29, 1.82) is 5.26 Å². The quantitative estimate of drug-likeness (QED) is 0.268. The molecule has 0 saturated heterocycles. The van der Waals surface area contributed by atoms with Crippen LogP contribution in [0.5, 0.6) is 0 Å². The van der Waals surface area contributed by atoms with E-state index >= 15 is 0 Å². The first-order valence-electron chi connectivity index (χ1n) is 9.39. The van der Waals surface area contributed by atoms with Gasteiger partial charge in [0.05, 0.1) is 11.3 Å². The minimum Gasteiger partial charge on any atom is -0.240 e. The molecule has 1 heterocycles. The van der Waals surface area contributed by atoms with Crippen LogP contribution in [0.1, 0.15) is 11.1 Å². The molecule has 0 aliphatic carbocycles. The van der Waals surface area contributed by atoms with Crippen molar-refractivity contribution in [2.24, 2.45) is 0 Å². The Balaban J connectivity index is 1.84. The minimum absolute atomic E-state index is 0.498. The smallest absolute Gasteiger partial charge is 0.115 e. The van der Waals surface area contributed by atoms with E-state index < -0.39 is 0 Å². The molecular formula is C25H15Cl3N2S. The molecule has 0 radical (unpaired) electrons. The number of pyridine rings is 1. The van der Waals surface area contributed by atoms with Crippen molar-refractivity contribution in [1.82, 2.24) is 4.98 Å². The maximum absolute atomic E-state index is 10.0. The Morgan fingerprint density at radius 2 is 1.48 bits per heavy atom. The minimum atomic E-state index is 0.498. The van der Waals surface area contributed by atoms with E-state index in [1.165, 1.54) is 11.8 Å². The lowest BCUT2D eigenvalue weighted by molar-refractivity contribution is 1.12. The lowest BCUT2D eigenvalue weighted by Crippen LogP contribution is -1.96. The van der Waals surface area contributed by atoms with Gasteiger partial charge in [0, 0.05) is 31.9 Å². The summed E-state index contributed by atoms with van der Waals surface area (Å²) in [6.45, 7) is 0. The van der Waals surface area contributed by atoms with E-state index in [1.807, 2.05) is 78.9 Å². The van der Waals surface area contributed by atoms with Crippen LogP contribution in [0.4, 0.5) is 0 Å². The summed E-state index contributed by atoms with van der Waals surface area (Å²) in [4.78, 5) is 4.82. The van der Waals surface area contributed by atoms with Crippen molar-refractivity contribution < 1.29 is 0 Å². The van der Waals surface area contributed by atoms with Gasteiger partial charge in [-0.15, -0.1) is 11.8 Å². The van der Waals surface area contributed by atoms with Gasteiger partial charge in [0.25, 0.3) is 0 Å². The first-order valence-corrected chi connectivity index (χ1v) is 11.5. The predicted octanol–water partition coefficient (Wildman–Crippen LogP) is 8.54. The molecule has 0 aliphatic rings. The molecule has 1 aromatic heterocycles. The summed E-state index contributed by atoms with van der Waals surface area (Å²) in [6, 6.07) is 27.1. The van der Waals surface area contributed by atoms with Crippen LogP contribution in [-0.4, -0.2) is 4.98 Å². The molecule has 0 unspecified atom stereocenters. The average molecular weight is 482 g/mol. The third kappa shape index (κ3) is 4.89. The normalized spacial score (nSPS) is 10.6. The number of hydrogen-bond acceptors (Lipinski definition) is 3.